The first-order valence-electron chi connectivity index (χ1n) is 7.65. The Bertz CT molecular complexity index is 522. The Hall–Kier alpha value is -1.69. The fourth-order valence-electron chi connectivity index (χ4n) is 2.75. The molecular weight excluding hydrogens is 288 g/mol. The van der Waals surface area contributed by atoms with Gasteiger partial charge in [0.05, 0.1) is 5.69 Å². The predicted molar refractivity (Wildman–Crippen MR) is 82.9 cm³/mol. The summed E-state index contributed by atoms with van der Waals surface area (Å²) in [5.74, 6) is -1.41. The highest BCUT2D eigenvalue weighted by Crippen LogP contribution is 2.22. The van der Waals surface area contributed by atoms with Gasteiger partial charge in [0.2, 0.25) is 0 Å². The number of halogens is 2. The molecule has 1 aromatic carbocycles. The van der Waals surface area contributed by atoms with Gasteiger partial charge < -0.3 is 15.1 Å². The molecule has 0 bridgehead atoms. The number of rotatable bonds is 4. The van der Waals surface area contributed by atoms with Crippen molar-refractivity contribution in [2.24, 2.45) is 0 Å². The second-order valence-electron chi connectivity index (χ2n) is 5.99. The maximum absolute atomic E-state index is 13.6. The van der Waals surface area contributed by atoms with Crippen LogP contribution in [0.5, 0.6) is 0 Å². The van der Waals surface area contributed by atoms with Crippen molar-refractivity contribution < 1.29 is 13.6 Å². The Morgan fingerprint density at radius 3 is 2.82 bits per heavy atom. The van der Waals surface area contributed by atoms with Crippen molar-refractivity contribution in [1.82, 2.24) is 9.80 Å². The summed E-state index contributed by atoms with van der Waals surface area (Å²) >= 11 is 0. The fourth-order valence-corrected chi connectivity index (χ4v) is 2.75. The molecule has 0 radical (unpaired) electrons. The number of piperidine rings is 1. The van der Waals surface area contributed by atoms with Gasteiger partial charge in [-0.1, -0.05) is 0 Å². The van der Waals surface area contributed by atoms with Crippen LogP contribution in [0, 0.1) is 11.6 Å². The molecule has 1 N–H and O–H groups in total. The molecule has 0 saturated carbocycles. The van der Waals surface area contributed by atoms with Crippen molar-refractivity contribution in [2.75, 3.05) is 32.5 Å². The standard InChI is InChI=1S/C16H23F2N3O/c1-20(2)10-8-13-5-3-4-9-21(13)16(22)19-15-7-6-12(17)11-14(15)18/h6-7,11,13H,3-5,8-10H2,1-2H3,(H,19,22)/t13-/m1/s1. The molecular formula is C16H23F2N3O. The summed E-state index contributed by atoms with van der Waals surface area (Å²) in [5.41, 5.74) is 0.0170. The van der Waals surface area contributed by atoms with E-state index in [2.05, 4.69) is 10.2 Å². The van der Waals surface area contributed by atoms with Crippen LogP contribution >= 0.6 is 0 Å². The van der Waals surface area contributed by atoms with E-state index in [1.807, 2.05) is 14.1 Å². The zero-order chi connectivity index (χ0) is 16.1. The van der Waals surface area contributed by atoms with E-state index in [-0.39, 0.29) is 17.8 Å². The molecule has 122 valence electrons. The molecule has 1 heterocycles. The molecule has 6 heteroatoms. The third-order valence-electron chi connectivity index (χ3n) is 3.97. The number of likely N-dealkylation sites (tertiary alicyclic amines) is 1. The van der Waals surface area contributed by atoms with Crippen LogP contribution in [0.4, 0.5) is 19.3 Å². The van der Waals surface area contributed by atoms with E-state index in [0.29, 0.717) is 6.54 Å². The highest BCUT2D eigenvalue weighted by atomic mass is 19.1. The van der Waals surface area contributed by atoms with E-state index in [9.17, 15) is 13.6 Å². The summed E-state index contributed by atoms with van der Waals surface area (Å²) in [7, 11) is 4.00. The number of carbonyl (C=O) groups is 1. The van der Waals surface area contributed by atoms with Gasteiger partial charge in [0.1, 0.15) is 11.6 Å². The quantitative estimate of drug-likeness (QED) is 0.926. The number of nitrogens with zero attached hydrogens (tertiary/aromatic N) is 2. The van der Waals surface area contributed by atoms with Gasteiger partial charge in [0, 0.05) is 18.7 Å². The van der Waals surface area contributed by atoms with Crippen molar-refractivity contribution in [1.29, 1.82) is 0 Å². The Morgan fingerprint density at radius 1 is 1.36 bits per heavy atom. The zero-order valence-electron chi connectivity index (χ0n) is 13.1. The maximum Gasteiger partial charge on any atom is 0.322 e. The van der Waals surface area contributed by atoms with Gasteiger partial charge in [0.15, 0.2) is 0 Å². The average Bonchev–Trinajstić information content (AvgIpc) is 2.48. The lowest BCUT2D eigenvalue weighted by Crippen LogP contribution is -2.47. The molecule has 1 atom stereocenters. The normalized spacial score (nSPS) is 18.6. The van der Waals surface area contributed by atoms with Gasteiger partial charge in [0.25, 0.3) is 0 Å². The summed E-state index contributed by atoms with van der Waals surface area (Å²) in [6.45, 7) is 1.58. The molecule has 1 aliphatic heterocycles. The van der Waals surface area contributed by atoms with Crippen LogP contribution < -0.4 is 5.32 Å². The molecule has 0 aromatic heterocycles. The van der Waals surface area contributed by atoms with E-state index >= 15 is 0 Å². The van der Waals surface area contributed by atoms with E-state index in [4.69, 9.17) is 0 Å². The topological polar surface area (TPSA) is 35.6 Å². The number of urea groups is 1. The summed E-state index contributed by atoms with van der Waals surface area (Å²) in [6, 6.07) is 3.02. The van der Waals surface area contributed by atoms with Gasteiger partial charge in [-0.05, 0) is 58.5 Å². The van der Waals surface area contributed by atoms with Crippen molar-refractivity contribution in [3.63, 3.8) is 0 Å². The van der Waals surface area contributed by atoms with Crippen LogP contribution in [-0.2, 0) is 0 Å². The minimum Gasteiger partial charge on any atom is -0.322 e. The zero-order valence-corrected chi connectivity index (χ0v) is 13.1. The van der Waals surface area contributed by atoms with Crippen LogP contribution in [0.1, 0.15) is 25.7 Å². The van der Waals surface area contributed by atoms with Crippen LogP contribution in [-0.4, -0.2) is 49.1 Å². The van der Waals surface area contributed by atoms with E-state index in [0.717, 1.165) is 44.4 Å². The van der Waals surface area contributed by atoms with Gasteiger partial charge in [-0.3, -0.25) is 0 Å². The Kier molecular flexibility index (Phi) is 5.71. The van der Waals surface area contributed by atoms with Crippen molar-refractivity contribution in [3.05, 3.63) is 29.8 Å². The Morgan fingerprint density at radius 2 is 2.14 bits per heavy atom. The third-order valence-corrected chi connectivity index (χ3v) is 3.97. The van der Waals surface area contributed by atoms with Gasteiger partial charge in [-0.15, -0.1) is 0 Å². The lowest BCUT2D eigenvalue weighted by Gasteiger charge is -2.36. The first-order valence-corrected chi connectivity index (χ1v) is 7.65. The van der Waals surface area contributed by atoms with Crippen molar-refractivity contribution >= 4 is 11.7 Å². The summed E-state index contributed by atoms with van der Waals surface area (Å²) in [4.78, 5) is 16.3. The first kappa shape index (κ1) is 16.7. The summed E-state index contributed by atoms with van der Waals surface area (Å²) < 4.78 is 26.6. The molecule has 22 heavy (non-hydrogen) atoms. The van der Waals surface area contributed by atoms with Gasteiger partial charge in [-0.25, -0.2) is 13.6 Å². The summed E-state index contributed by atoms with van der Waals surface area (Å²) in [5, 5.41) is 2.56. The maximum atomic E-state index is 13.6. The number of hydrogen-bond donors (Lipinski definition) is 1. The lowest BCUT2D eigenvalue weighted by atomic mass is 9.99. The van der Waals surface area contributed by atoms with Crippen molar-refractivity contribution in [3.8, 4) is 0 Å². The fraction of sp³-hybridized carbons (Fsp3) is 0.562. The monoisotopic (exact) mass is 311 g/mol. The largest absolute Gasteiger partial charge is 0.322 e. The predicted octanol–water partition coefficient (Wildman–Crippen LogP) is 3.30. The van der Waals surface area contributed by atoms with E-state index in [1.165, 1.54) is 6.07 Å². The Labute approximate surface area is 130 Å². The SMILES string of the molecule is CN(C)CC[C@H]1CCCCN1C(=O)Nc1ccc(F)cc1F. The molecule has 0 spiro atoms. The molecule has 0 unspecified atom stereocenters. The number of anilines is 1. The van der Waals surface area contributed by atoms with Crippen LogP contribution in [0.3, 0.4) is 0 Å². The second-order valence-corrected chi connectivity index (χ2v) is 5.99. The van der Waals surface area contributed by atoms with Crippen LogP contribution in [0.25, 0.3) is 0 Å². The Balaban J connectivity index is 2.02. The molecule has 2 amide bonds. The minimum atomic E-state index is -0.754. The molecule has 0 aliphatic carbocycles. The molecule has 1 aliphatic rings. The van der Waals surface area contributed by atoms with Crippen LogP contribution in [0.15, 0.2) is 18.2 Å². The number of carbonyl (C=O) groups excluding carboxylic acids is 1. The summed E-state index contributed by atoms with van der Waals surface area (Å²) in [6.07, 6.45) is 3.92. The number of benzene rings is 1. The smallest absolute Gasteiger partial charge is 0.322 e. The van der Waals surface area contributed by atoms with Crippen molar-refractivity contribution in [2.45, 2.75) is 31.7 Å². The number of hydrogen-bond acceptors (Lipinski definition) is 2. The highest BCUT2D eigenvalue weighted by Gasteiger charge is 2.27. The number of amides is 2. The van der Waals surface area contributed by atoms with Gasteiger partial charge in [-0.2, -0.15) is 0 Å². The average molecular weight is 311 g/mol. The molecule has 2 rings (SSSR count). The third kappa shape index (κ3) is 4.40. The molecule has 4 nitrogen and oxygen atoms in total. The van der Waals surface area contributed by atoms with E-state index in [1.54, 1.807) is 4.90 Å². The highest BCUT2D eigenvalue weighted by molar-refractivity contribution is 5.89. The van der Waals surface area contributed by atoms with Gasteiger partial charge >= 0.3 is 6.03 Å². The second kappa shape index (κ2) is 7.54. The molecule has 1 saturated heterocycles. The number of nitrogens with one attached hydrogen (secondary N) is 1. The van der Waals surface area contributed by atoms with Crippen LogP contribution in [0.2, 0.25) is 0 Å². The lowest BCUT2D eigenvalue weighted by molar-refractivity contribution is 0.152. The molecule has 1 fully saturated rings. The molecule has 1 aromatic rings. The first-order chi connectivity index (χ1) is 10.5. The van der Waals surface area contributed by atoms with E-state index < -0.39 is 11.6 Å². The minimum absolute atomic E-state index is 0.0170.